The second kappa shape index (κ2) is 6.83. The van der Waals surface area contributed by atoms with E-state index in [0.29, 0.717) is 27.9 Å². The van der Waals surface area contributed by atoms with Crippen LogP contribution in [0.1, 0.15) is 5.56 Å². The molecule has 3 rings (SSSR count). The number of pyridine rings is 1. The summed E-state index contributed by atoms with van der Waals surface area (Å²) in [5.74, 6) is 0. The molecule has 0 aliphatic rings. The average molecular weight is 395 g/mol. The SMILES string of the molecule is CN(Cc1ccc2ccc(Cl)nc2c1Cl)c1ccccc1S(C)(=O)=O. The first kappa shape index (κ1) is 18.0. The van der Waals surface area contributed by atoms with Gasteiger partial charge in [-0.1, -0.05) is 47.5 Å². The Labute approximate surface area is 156 Å². The molecule has 0 amide bonds. The minimum atomic E-state index is -3.33. The zero-order valence-corrected chi connectivity index (χ0v) is 16.0. The van der Waals surface area contributed by atoms with Gasteiger partial charge in [0.25, 0.3) is 0 Å². The fourth-order valence-corrected chi connectivity index (χ4v) is 4.07. The Bertz CT molecular complexity index is 1050. The first-order valence-electron chi connectivity index (χ1n) is 7.51. The number of sulfone groups is 1. The number of benzene rings is 2. The lowest BCUT2D eigenvalue weighted by Gasteiger charge is -2.22. The molecule has 1 aromatic heterocycles. The number of aromatic nitrogens is 1. The van der Waals surface area contributed by atoms with Crippen LogP contribution in [0.25, 0.3) is 10.9 Å². The van der Waals surface area contributed by atoms with E-state index < -0.39 is 9.84 Å². The van der Waals surface area contributed by atoms with Crippen molar-refractivity contribution in [2.75, 3.05) is 18.2 Å². The van der Waals surface area contributed by atoms with Crippen molar-refractivity contribution in [2.24, 2.45) is 0 Å². The van der Waals surface area contributed by atoms with Crippen LogP contribution >= 0.6 is 23.2 Å². The highest BCUT2D eigenvalue weighted by Crippen LogP contribution is 2.30. The van der Waals surface area contributed by atoms with Crippen LogP contribution in [0.5, 0.6) is 0 Å². The maximum atomic E-state index is 12.0. The van der Waals surface area contributed by atoms with Gasteiger partial charge in [-0.05, 0) is 29.8 Å². The van der Waals surface area contributed by atoms with E-state index in [1.165, 1.54) is 6.26 Å². The van der Waals surface area contributed by atoms with Crippen LogP contribution in [0.2, 0.25) is 10.2 Å². The van der Waals surface area contributed by atoms with Crippen LogP contribution in [0.3, 0.4) is 0 Å². The Kier molecular flexibility index (Phi) is 4.91. The summed E-state index contributed by atoms with van der Waals surface area (Å²) in [6, 6.07) is 14.3. The van der Waals surface area contributed by atoms with Crippen molar-refractivity contribution >= 4 is 49.6 Å². The van der Waals surface area contributed by atoms with Crippen molar-refractivity contribution in [3.8, 4) is 0 Å². The van der Waals surface area contributed by atoms with E-state index in [-0.39, 0.29) is 4.90 Å². The van der Waals surface area contributed by atoms with Crippen molar-refractivity contribution in [2.45, 2.75) is 11.4 Å². The maximum absolute atomic E-state index is 12.0. The molecule has 0 bridgehead atoms. The van der Waals surface area contributed by atoms with Gasteiger partial charge in [-0.3, -0.25) is 0 Å². The molecule has 0 spiro atoms. The van der Waals surface area contributed by atoms with Crippen LogP contribution in [0.4, 0.5) is 5.69 Å². The van der Waals surface area contributed by atoms with Crippen molar-refractivity contribution < 1.29 is 8.42 Å². The van der Waals surface area contributed by atoms with Gasteiger partial charge in [0, 0.05) is 25.2 Å². The predicted octanol–water partition coefficient (Wildman–Crippen LogP) is 4.58. The molecule has 0 aliphatic carbocycles. The maximum Gasteiger partial charge on any atom is 0.177 e. The third-order valence-electron chi connectivity index (χ3n) is 3.93. The van der Waals surface area contributed by atoms with E-state index >= 15 is 0 Å². The summed E-state index contributed by atoms with van der Waals surface area (Å²) in [5.41, 5.74) is 2.10. The third-order valence-corrected chi connectivity index (χ3v) is 5.71. The topological polar surface area (TPSA) is 50.3 Å². The van der Waals surface area contributed by atoms with Gasteiger partial charge in [0.05, 0.1) is 21.1 Å². The number of anilines is 1. The molecule has 25 heavy (non-hydrogen) atoms. The average Bonchev–Trinajstić information content (AvgIpc) is 2.57. The molecule has 0 saturated carbocycles. The van der Waals surface area contributed by atoms with Crippen LogP contribution in [0, 0.1) is 0 Å². The lowest BCUT2D eigenvalue weighted by molar-refractivity contribution is 0.601. The molecule has 0 atom stereocenters. The van der Waals surface area contributed by atoms with Crippen molar-refractivity contribution in [3.05, 3.63) is 64.3 Å². The van der Waals surface area contributed by atoms with Gasteiger partial charge in [0.1, 0.15) is 5.15 Å². The van der Waals surface area contributed by atoms with Gasteiger partial charge >= 0.3 is 0 Å². The predicted molar refractivity (Wildman–Crippen MR) is 103 cm³/mol. The number of hydrogen-bond acceptors (Lipinski definition) is 4. The number of nitrogens with zero attached hydrogens (tertiary/aromatic N) is 2. The van der Waals surface area contributed by atoms with Crippen molar-refractivity contribution in [3.63, 3.8) is 0 Å². The lowest BCUT2D eigenvalue weighted by atomic mass is 10.1. The van der Waals surface area contributed by atoms with Gasteiger partial charge in [0.2, 0.25) is 0 Å². The molecule has 0 radical (unpaired) electrons. The van der Waals surface area contributed by atoms with E-state index in [4.69, 9.17) is 23.2 Å². The van der Waals surface area contributed by atoms with Gasteiger partial charge < -0.3 is 4.90 Å². The second-order valence-corrected chi connectivity index (χ2v) is 8.59. The van der Waals surface area contributed by atoms with E-state index in [1.54, 1.807) is 24.3 Å². The summed E-state index contributed by atoms with van der Waals surface area (Å²) in [7, 11) is -1.50. The molecule has 0 unspecified atom stereocenters. The van der Waals surface area contributed by atoms with E-state index in [0.717, 1.165) is 10.9 Å². The number of rotatable bonds is 4. The van der Waals surface area contributed by atoms with E-state index in [1.807, 2.05) is 36.2 Å². The summed E-state index contributed by atoms with van der Waals surface area (Å²) in [6.45, 7) is 0.440. The van der Waals surface area contributed by atoms with Crippen LogP contribution in [-0.2, 0) is 16.4 Å². The number of hydrogen-bond donors (Lipinski definition) is 0. The number of para-hydroxylation sites is 1. The molecule has 0 saturated heterocycles. The molecular formula is C18H16Cl2N2O2S. The Balaban J connectivity index is 2.01. The highest BCUT2D eigenvalue weighted by molar-refractivity contribution is 7.90. The summed E-state index contributed by atoms with van der Waals surface area (Å²) in [5, 5.41) is 1.79. The third kappa shape index (κ3) is 3.73. The quantitative estimate of drug-likeness (QED) is 0.607. The monoisotopic (exact) mass is 394 g/mol. The Morgan fingerprint density at radius 1 is 1.04 bits per heavy atom. The molecule has 2 aromatic carbocycles. The molecule has 7 heteroatoms. The van der Waals surface area contributed by atoms with Crippen LogP contribution in [-0.4, -0.2) is 26.7 Å². The molecule has 3 aromatic rings. The zero-order valence-electron chi connectivity index (χ0n) is 13.7. The van der Waals surface area contributed by atoms with E-state index in [9.17, 15) is 8.42 Å². The Morgan fingerprint density at radius 3 is 2.44 bits per heavy atom. The molecular weight excluding hydrogens is 379 g/mol. The number of halogens is 2. The first-order chi connectivity index (χ1) is 11.8. The molecule has 1 heterocycles. The van der Waals surface area contributed by atoms with Crippen LogP contribution < -0.4 is 4.90 Å². The molecule has 0 fully saturated rings. The Morgan fingerprint density at radius 2 is 1.72 bits per heavy atom. The Hall–Kier alpha value is -1.82. The fourth-order valence-electron chi connectivity index (χ4n) is 2.72. The largest absolute Gasteiger partial charge is 0.369 e. The highest BCUT2D eigenvalue weighted by Gasteiger charge is 2.17. The summed E-state index contributed by atoms with van der Waals surface area (Å²) >= 11 is 12.5. The van der Waals surface area contributed by atoms with Crippen LogP contribution in [0.15, 0.2) is 53.4 Å². The van der Waals surface area contributed by atoms with Gasteiger partial charge in [0.15, 0.2) is 9.84 Å². The summed E-state index contributed by atoms with van der Waals surface area (Å²) < 4.78 is 24.0. The smallest absolute Gasteiger partial charge is 0.177 e. The lowest BCUT2D eigenvalue weighted by Crippen LogP contribution is -2.19. The minimum Gasteiger partial charge on any atom is -0.369 e. The molecule has 4 nitrogen and oxygen atoms in total. The normalized spacial score (nSPS) is 11.7. The number of fused-ring (bicyclic) bond motifs is 1. The second-order valence-electron chi connectivity index (χ2n) is 5.84. The zero-order chi connectivity index (χ0) is 18.2. The van der Waals surface area contributed by atoms with Gasteiger partial charge in [-0.15, -0.1) is 0 Å². The summed E-state index contributed by atoms with van der Waals surface area (Å²) in [4.78, 5) is 6.43. The van der Waals surface area contributed by atoms with Gasteiger partial charge in [-0.25, -0.2) is 13.4 Å². The summed E-state index contributed by atoms with van der Waals surface area (Å²) in [6.07, 6.45) is 1.20. The highest BCUT2D eigenvalue weighted by atomic mass is 35.5. The van der Waals surface area contributed by atoms with Crippen molar-refractivity contribution in [1.82, 2.24) is 4.98 Å². The minimum absolute atomic E-state index is 0.288. The van der Waals surface area contributed by atoms with Gasteiger partial charge in [-0.2, -0.15) is 0 Å². The molecule has 0 aliphatic heterocycles. The van der Waals surface area contributed by atoms with Crippen molar-refractivity contribution in [1.29, 1.82) is 0 Å². The first-order valence-corrected chi connectivity index (χ1v) is 10.2. The fraction of sp³-hybridized carbons (Fsp3) is 0.167. The molecule has 130 valence electrons. The molecule has 0 N–H and O–H groups in total. The standard InChI is InChI=1S/C18H16Cl2N2O2S/c1-22(14-5-3-4-6-15(14)25(2,23)24)11-13-8-7-12-9-10-16(19)21-18(12)17(13)20/h3-10H,11H2,1-2H3. The van der Waals surface area contributed by atoms with E-state index in [2.05, 4.69) is 4.98 Å².